The summed E-state index contributed by atoms with van der Waals surface area (Å²) in [6, 6.07) is 9.94. The number of aryl methyl sites for hydroxylation is 1. The second-order valence-corrected chi connectivity index (χ2v) is 5.92. The van der Waals surface area contributed by atoms with E-state index in [0.29, 0.717) is 11.6 Å². The van der Waals surface area contributed by atoms with E-state index in [0.717, 1.165) is 27.4 Å². The van der Waals surface area contributed by atoms with Crippen LogP contribution < -0.4 is 0 Å². The predicted octanol–water partition coefficient (Wildman–Crippen LogP) is 3.31. The number of thioether (sulfide) groups is 1. The van der Waals surface area contributed by atoms with Gasteiger partial charge in [-0.25, -0.2) is 15.0 Å². The summed E-state index contributed by atoms with van der Waals surface area (Å²) in [6.07, 6.45) is 5.09. The first kappa shape index (κ1) is 14.0. The van der Waals surface area contributed by atoms with E-state index in [2.05, 4.69) is 20.1 Å². The Kier molecular flexibility index (Phi) is 3.55. The van der Waals surface area contributed by atoms with Gasteiger partial charge in [-0.05, 0) is 0 Å². The van der Waals surface area contributed by atoms with Crippen LogP contribution in [0.2, 0.25) is 0 Å². The Labute approximate surface area is 136 Å². The average molecular weight is 323 g/mol. The molecule has 0 aliphatic rings. The topological polar surface area (TPSA) is 69.6 Å². The molecule has 0 spiro atoms. The summed E-state index contributed by atoms with van der Waals surface area (Å²) in [4.78, 5) is 12.9. The molecule has 4 rings (SSSR count). The number of rotatable bonds is 4. The first-order valence-corrected chi connectivity index (χ1v) is 8.05. The maximum Gasteiger partial charge on any atom is 0.205 e. The first-order valence-electron chi connectivity index (χ1n) is 7.07. The van der Waals surface area contributed by atoms with Gasteiger partial charge in [-0.15, -0.1) is 0 Å². The molecule has 0 aliphatic heterocycles. The smallest absolute Gasteiger partial charge is 0.205 e. The molecule has 4 aromatic rings. The maximum absolute atomic E-state index is 5.81. The Morgan fingerprint density at radius 1 is 1.09 bits per heavy atom. The van der Waals surface area contributed by atoms with Crippen molar-refractivity contribution in [2.75, 3.05) is 0 Å². The number of benzene rings is 1. The van der Waals surface area contributed by atoms with Gasteiger partial charge in [0.05, 0.1) is 23.5 Å². The fourth-order valence-electron chi connectivity index (χ4n) is 2.30. The number of hydrogen-bond donors (Lipinski definition) is 0. The third-order valence-corrected chi connectivity index (χ3v) is 4.43. The molecule has 0 aliphatic carbocycles. The fourth-order valence-corrected chi connectivity index (χ4v) is 3.11. The quantitative estimate of drug-likeness (QED) is 0.424. The van der Waals surface area contributed by atoms with Crippen molar-refractivity contribution in [2.45, 2.75) is 10.8 Å². The van der Waals surface area contributed by atoms with Gasteiger partial charge in [0.1, 0.15) is 11.4 Å². The average Bonchev–Trinajstić information content (AvgIpc) is 3.22. The van der Waals surface area contributed by atoms with Gasteiger partial charge in [0.15, 0.2) is 11.4 Å². The summed E-state index contributed by atoms with van der Waals surface area (Å²) in [5, 5.41) is 6.03. The van der Waals surface area contributed by atoms with Gasteiger partial charge in [-0.1, -0.05) is 42.1 Å². The minimum absolute atomic E-state index is 0.605. The highest BCUT2D eigenvalue weighted by molar-refractivity contribution is 7.98. The van der Waals surface area contributed by atoms with Crippen LogP contribution in [0.15, 0.2) is 58.5 Å². The van der Waals surface area contributed by atoms with Gasteiger partial charge in [-0.2, -0.15) is 5.10 Å². The molecule has 6 nitrogen and oxygen atoms in total. The van der Waals surface area contributed by atoms with Crippen LogP contribution in [0.1, 0.15) is 5.89 Å². The SMILES string of the molecule is Cn1ncc2c(SCc3ncc(-c4ccccc4)o3)ncnc21. The fraction of sp³-hybridized carbons (Fsp3) is 0.125. The number of oxazole rings is 1. The minimum atomic E-state index is 0.605. The third kappa shape index (κ3) is 2.70. The lowest BCUT2D eigenvalue weighted by molar-refractivity contribution is 0.530. The summed E-state index contributed by atoms with van der Waals surface area (Å²) < 4.78 is 7.55. The van der Waals surface area contributed by atoms with Crippen LogP contribution in [-0.4, -0.2) is 24.7 Å². The molecular weight excluding hydrogens is 310 g/mol. The van der Waals surface area contributed by atoms with Gasteiger partial charge in [0, 0.05) is 12.6 Å². The summed E-state index contributed by atoms with van der Waals surface area (Å²) in [5.41, 5.74) is 1.84. The van der Waals surface area contributed by atoms with Gasteiger partial charge in [0.2, 0.25) is 5.89 Å². The molecule has 0 saturated carbocycles. The van der Waals surface area contributed by atoms with Crippen molar-refractivity contribution in [1.29, 1.82) is 0 Å². The van der Waals surface area contributed by atoms with E-state index in [1.165, 1.54) is 0 Å². The Morgan fingerprint density at radius 3 is 2.83 bits per heavy atom. The molecule has 0 bridgehead atoms. The van der Waals surface area contributed by atoms with E-state index in [-0.39, 0.29) is 0 Å². The lowest BCUT2D eigenvalue weighted by Crippen LogP contribution is -1.93. The van der Waals surface area contributed by atoms with E-state index in [1.54, 1.807) is 35.2 Å². The Bertz CT molecular complexity index is 947. The first-order chi connectivity index (χ1) is 11.3. The summed E-state index contributed by atoms with van der Waals surface area (Å²) in [5.74, 6) is 2.05. The van der Waals surface area contributed by atoms with Crippen molar-refractivity contribution in [2.24, 2.45) is 7.05 Å². The molecule has 1 aromatic carbocycles. The van der Waals surface area contributed by atoms with E-state index in [9.17, 15) is 0 Å². The van der Waals surface area contributed by atoms with Crippen LogP contribution >= 0.6 is 11.8 Å². The number of fused-ring (bicyclic) bond motifs is 1. The van der Waals surface area contributed by atoms with Crippen LogP contribution in [0.3, 0.4) is 0 Å². The molecule has 0 N–H and O–H groups in total. The highest BCUT2D eigenvalue weighted by Crippen LogP contribution is 2.28. The number of aromatic nitrogens is 5. The lowest BCUT2D eigenvalue weighted by atomic mass is 10.2. The van der Waals surface area contributed by atoms with E-state index in [4.69, 9.17) is 4.42 Å². The number of hydrogen-bond acceptors (Lipinski definition) is 6. The number of nitrogens with zero attached hydrogens (tertiary/aromatic N) is 5. The monoisotopic (exact) mass is 323 g/mol. The minimum Gasteiger partial charge on any atom is -0.440 e. The van der Waals surface area contributed by atoms with Crippen molar-refractivity contribution in [3.05, 3.63) is 54.9 Å². The summed E-state index contributed by atoms with van der Waals surface area (Å²) >= 11 is 1.56. The van der Waals surface area contributed by atoms with Crippen molar-refractivity contribution in [3.8, 4) is 11.3 Å². The van der Waals surface area contributed by atoms with Gasteiger partial charge >= 0.3 is 0 Å². The molecule has 0 amide bonds. The zero-order chi connectivity index (χ0) is 15.6. The second kappa shape index (κ2) is 5.85. The largest absolute Gasteiger partial charge is 0.440 e. The highest BCUT2D eigenvalue weighted by Gasteiger charge is 2.11. The molecule has 23 heavy (non-hydrogen) atoms. The van der Waals surface area contributed by atoms with Crippen molar-refractivity contribution in [1.82, 2.24) is 24.7 Å². The van der Waals surface area contributed by atoms with Gasteiger partial charge in [0.25, 0.3) is 0 Å². The third-order valence-electron chi connectivity index (χ3n) is 3.44. The van der Waals surface area contributed by atoms with Crippen LogP contribution in [0.5, 0.6) is 0 Å². The molecule has 7 heteroatoms. The van der Waals surface area contributed by atoms with Gasteiger partial charge < -0.3 is 4.42 Å². The van der Waals surface area contributed by atoms with Crippen LogP contribution in [0.25, 0.3) is 22.4 Å². The van der Waals surface area contributed by atoms with E-state index in [1.807, 2.05) is 37.4 Å². The lowest BCUT2D eigenvalue weighted by Gasteiger charge is -2.00. The van der Waals surface area contributed by atoms with Crippen LogP contribution in [0, 0.1) is 0 Å². The molecule has 0 atom stereocenters. The predicted molar refractivity (Wildman–Crippen MR) is 87.8 cm³/mol. The molecule has 0 unspecified atom stereocenters. The van der Waals surface area contributed by atoms with Crippen LogP contribution in [0.4, 0.5) is 0 Å². The summed E-state index contributed by atoms with van der Waals surface area (Å²) in [7, 11) is 1.87. The molecular formula is C16H13N5OS. The standard InChI is InChI=1S/C16H13N5OS/c1-21-15-12(7-20-21)16(19-10-18-15)23-9-14-17-8-13(22-14)11-5-3-2-4-6-11/h2-8,10H,9H2,1H3. The highest BCUT2D eigenvalue weighted by atomic mass is 32.2. The second-order valence-electron chi connectivity index (χ2n) is 4.96. The summed E-state index contributed by atoms with van der Waals surface area (Å²) in [6.45, 7) is 0. The van der Waals surface area contributed by atoms with E-state index >= 15 is 0 Å². The Hall–Kier alpha value is -2.67. The molecule has 0 radical (unpaired) electrons. The molecule has 0 saturated heterocycles. The van der Waals surface area contributed by atoms with E-state index < -0.39 is 0 Å². The Balaban J connectivity index is 1.54. The molecule has 3 aromatic heterocycles. The van der Waals surface area contributed by atoms with Crippen molar-refractivity contribution < 1.29 is 4.42 Å². The maximum atomic E-state index is 5.81. The van der Waals surface area contributed by atoms with Crippen LogP contribution in [-0.2, 0) is 12.8 Å². The zero-order valence-corrected chi connectivity index (χ0v) is 13.2. The Morgan fingerprint density at radius 2 is 1.96 bits per heavy atom. The van der Waals surface area contributed by atoms with Crippen molar-refractivity contribution in [3.63, 3.8) is 0 Å². The zero-order valence-electron chi connectivity index (χ0n) is 12.4. The molecule has 114 valence electrons. The van der Waals surface area contributed by atoms with Gasteiger partial charge in [-0.3, -0.25) is 4.68 Å². The van der Waals surface area contributed by atoms with Crippen molar-refractivity contribution >= 4 is 22.8 Å². The molecule has 0 fully saturated rings. The normalized spacial score (nSPS) is 11.2. The molecule has 3 heterocycles.